The van der Waals surface area contributed by atoms with E-state index >= 15 is 0 Å². The molecular weight excluding hydrogens is 401 g/mol. The summed E-state index contributed by atoms with van der Waals surface area (Å²) in [5.41, 5.74) is 3.47. The molecule has 1 unspecified atom stereocenters. The molecule has 2 aromatic rings. The Kier molecular flexibility index (Phi) is 6.00. The number of rotatable bonds is 6. The predicted octanol–water partition coefficient (Wildman–Crippen LogP) is 6.54. The maximum Gasteiger partial charge on any atom is 0.404 e. The Balaban J connectivity index is 1.66. The Labute approximate surface area is 174 Å². The second kappa shape index (κ2) is 8.02. The molecule has 1 aliphatic rings. The third-order valence-corrected chi connectivity index (χ3v) is 6.45. The van der Waals surface area contributed by atoms with Crippen LogP contribution in [0.15, 0.2) is 48.5 Å². The number of esters is 1. The van der Waals surface area contributed by atoms with E-state index in [2.05, 4.69) is 0 Å². The van der Waals surface area contributed by atoms with Crippen molar-refractivity contribution in [2.75, 3.05) is 0 Å². The van der Waals surface area contributed by atoms with Gasteiger partial charge < -0.3 is 4.74 Å². The largest absolute Gasteiger partial charge is 0.461 e. The van der Waals surface area contributed by atoms with Gasteiger partial charge in [0, 0.05) is 0 Å². The van der Waals surface area contributed by atoms with Crippen LogP contribution in [0.1, 0.15) is 31.4 Å². The van der Waals surface area contributed by atoms with E-state index in [1.54, 1.807) is 13.8 Å². The van der Waals surface area contributed by atoms with Crippen LogP contribution in [-0.2, 0) is 16.1 Å². The van der Waals surface area contributed by atoms with E-state index in [0.717, 1.165) is 22.3 Å². The molecule has 0 spiro atoms. The quantitative estimate of drug-likeness (QED) is 0.389. The highest BCUT2D eigenvalue weighted by atomic mass is 35.5. The number of benzene rings is 2. The van der Waals surface area contributed by atoms with Gasteiger partial charge in [0.2, 0.25) is 0 Å². The standard InChI is InChI=1S/C23H24ClF3O2/c1-14-16(10-7-11-17(14)15-8-5-4-6-9-15)13-29-21(28)20-18(22(20,2)3)12-19(24)23(25,26)27/h4-11,18-20H,12-13H2,1-3H3/t18-,19?,20-/m0/s1. The van der Waals surface area contributed by atoms with Crippen LogP contribution in [0.4, 0.5) is 13.2 Å². The number of carbonyl (C=O) groups excluding carboxylic acids is 1. The van der Waals surface area contributed by atoms with Crippen LogP contribution in [0.25, 0.3) is 11.1 Å². The predicted molar refractivity (Wildman–Crippen MR) is 107 cm³/mol. The van der Waals surface area contributed by atoms with E-state index in [-0.39, 0.29) is 13.0 Å². The average molecular weight is 425 g/mol. The minimum Gasteiger partial charge on any atom is -0.461 e. The molecule has 156 valence electrons. The van der Waals surface area contributed by atoms with Crippen LogP contribution in [-0.4, -0.2) is 17.5 Å². The van der Waals surface area contributed by atoms with Gasteiger partial charge in [-0.05, 0) is 46.9 Å². The second-order valence-corrected chi connectivity index (χ2v) is 8.74. The molecule has 0 N–H and O–H groups in total. The van der Waals surface area contributed by atoms with Crippen LogP contribution in [0.5, 0.6) is 0 Å². The summed E-state index contributed by atoms with van der Waals surface area (Å²) in [6, 6.07) is 15.7. The summed E-state index contributed by atoms with van der Waals surface area (Å²) in [6.07, 6.45) is -4.75. The second-order valence-electron chi connectivity index (χ2n) is 8.21. The smallest absolute Gasteiger partial charge is 0.404 e. The van der Waals surface area contributed by atoms with Crippen molar-refractivity contribution in [1.82, 2.24) is 0 Å². The molecule has 1 saturated carbocycles. The topological polar surface area (TPSA) is 26.3 Å². The Morgan fingerprint density at radius 2 is 1.79 bits per heavy atom. The Bertz CT molecular complexity index is 877. The number of carbonyl (C=O) groups is 1. The molecule has 2 nitrogen and oxygen atoms in total. The van der Waals surface area contributed by atoms with Gasteiger partial charge >= 0.3 is 12.1 Å². The minimum atomic E-state index is -4.47. The maximum atomic E-state index is 12.8. The Hall–Kier alpha value is -2.01. The third-order valence-electron chi connectivity index (χ3n) is 6.02. The Morgan fingerprint density at radius 1 is 1.14 bits per heavy atom. The van der Waals surface area contributed by atoms with Crippen LogP contribution in [0.3, 0.4) is 0 Å². The van der Waals surface area contributed by atoms with Gasteiger partial charge in [0.1, 0.15) is 12.0 Å². The van der Waals surface area contributed by atoms with Crippen LogP contribution in [0.2, 0.25) is 0 Å². The number of alkyl halides is 4. The van der Waals surface area contributed by atoms with Crippen molar-refractivity contribution in [3.63, 3.8) is 0 Å². The first kappa shape index (κ1) is 21.7. The van der Waals surface area contributed by atoms with Crippen molar-refractivity contribution in [3.8, 4) is 11.1 Å². The lowest BCUT2D eigenvalue weighted by Crippen LogP contribution is -2.24. The van der Waals surface area contributed by atoms with Crippen molar-refractivity contribution >= 4 is 17.6 Å². The monoisotopic (exact) mass is 424 g/mol. The average Bonchev–Trinajstić information content (AvgIpc) is 3.20. The molecule has 6 heteroatoms. The van der Waals surface area contributed by atoms with Crippen molar-refractivity contribution in [2.45, 2.75) is 45.4 Å². The molecule has 0 bridgehead atoms. The van der Waals surface area contributed by atoms with Crippen molar-refractivity contribution in [2.24, 2.45) is 17.3 Å². The summed E-state index contributed by atoms with van der Waals surface area (Å²) in [6.45, 7) is 5.63. The summed E-state index contributed by atoms with van der Waals surface area (Å²) in [7, 11) is 0. The van der Waals surface area contributed by atoms with Gasteiger partial charge in [-0.3, -0.25) is 4.79 Å². The molecule has 0 saturated heterocycles. The highest BCUT2D eigenvalue weighted by Gasteiger charge is 2.64. The lowest BCUT2D eigenvalue weighted by atomic mass is 9.97. The van der Waals surface area contributed by atoms with Crippen molar-refractivity contribution in [3.05, 3.63) is 59.7 Å². The zero-order valence-corrected chi connectivity index (χ0v) is 17.3. The molecule has 0 aliphatic heterocycles. The lowest BCUT2D eigenvalue weighted by molar-refractivity contribution is -0.148. The molecule has 2 aromatic carbocycles. The fourth-order valence-electron chi connectivity index (χ4n) is 4.02. The lowest BCUT2D eigenvalue weighted by Gasteiger charge is -2.14. The molecule has 0 amide bonds. The van der Waals surface area contributed by atoms with Gasteiger partial charge in [0.25, 0.3) is 0 Å². The van der Waals surface area contributed by atoms with Crippen molar-refractivity contribution < 1.29 is 22.7 Å². The molecule has 0 heterocycles. The highest BCUT2D eigenvalue weighted by molar-refractivity contribution is 6.21. The molecule has 1 aliphatic carbocycles. The van der Waals surface area contributed by atoms with Crippen LogP contribution >= 0.6 is 11.6 Å². The summed E-state index contributed by atoms with van der Waals surface area (Å²) in [4.78, 5) is 12.6. The van der Waals surface area contributed by atoms with Gasteiger partial charge in [0.05, 0.1) is 5.92 Å². The molecule has 1 fully saturated rings. The molecule has 3 atom stereocenters. The summed E-state index contributed by atoms with van der Waals surface area (Å²) in [5.74, 6) is -1.46. The SMILES string of the molecule is Cc1c(COC(=O)[C@@H]2[C@H](CC(Cl)C(F)(F)F)C2(C)C)cccc1-c1ccccc1. The van der Waals surface area contributed by atoms with Gasteiger partial charge in [-0.25, -0.2) is 0 Å². The van der Waals surface area contributed by atoms with Crippen molar-refractivity contribution in [1.29, 1.82) is 0 Å². The zero-order chi connectivity index (χ0) is 21.4. The normalized spacial score (nSPS) is 21.5. The number of hydrogen-bond acceptors (Lipinski definition) is 2. The fraction of sp³-hybridized carbons (Fsp3) is 0.435. The fourth-order valence-corrected chi connectivity index (χ4v) is 4.21. The molecular formula is C23H24ClF3O2. The molecule has 3 rings (SSSR count). The molecule has 29 heavy (non-hydrogen) atoms. The molecule has 0 radical (unpaired) electrons. The Morgan fingerprint density at radius 3 is 2.41 bits per heavy atom. The number of ether oxygens (including phenoxy) is 1. The molecule has 0 aromatic heterocycles. The third kappa shape index (κ3) is 4.61. The first-order chi connectivity index (χ1) is 13.5. The minimum absolute atomic E-state index is 0.0915. The van der Waals surface area contributed by atoms with Gasteiger partial charge in [0.15, 0.2) is 0 Å². The highest BCUT2D eigenvalue weighted by Crippen LogP contribution is 2.62. The maximum absolute atomic E-state index is 12.8. The summed E-state index contributed by atoms with van der Waals surface area (Å²) >= 11 is 5.48. The van der Waals surface area contributed by atoms with Gasteiger partial charge in [-0.2, -0.15) is 13.2 Å². The van der Waals surface area contributed by atoms with E-state index in [1.807, 2.05) is 55.5 Å². The first-order valence-electron chi connectivity index (χ1n) is 9.54. The van der Waals surface area contributed by atoms with E-state index in [9.17, 15) is 18.0 Å². The number of hydrogen-bond donors (Lipinski definition) is 0. The van der Waals surface area contributed by atoms with Crippen LogP contribution < -0.4 is 0 Å². The zero-order valence-electron chi connectivity index (χ0n) is 16.6. The van der Waals surface area contributed by atoms with E-state index < -0.39 is 34.8 Å². The first-order valence-corrected chi connectivity index (χ1v) is 9.98. The van der Waals surface area contributed by atoms with Gasteiger partial charge in [-0.1, -0.05) is 62.4 Å². The van der Waals surface area contributed by atoms with E-state index in [0.29, 0.717) is 0 Å². The van der Waals surface area contributed by atoms with E-state index in [1.165, 1.54) is 0 Å². The summed E-state index contributed by atoms with van der Waals surface area (Å²) < 4.78 is 43.8. The van der Waals surface area contributed by atoms with E-state index in [4.69, 9.17) is 16.3 Å². The summed E-state index contributed by atoms with van der Waals surface area (Å²) in [5, 5.41) is -1.95. The van der Waals surface area contributed by atoms with Gasteiger partial charge in [-0.15, -0.1) is 11.6 Å². The number of halogens is 4. The van der Waals surface area contributed by atoms with Crippen LogP contribution in [0, 0.1) is 24.2 Å².